The Bertz CT molecular complexity index is 502. The predicted octanol–water partition coefficient (Wildman–Crippen LogP) is 2.80. The molecule has 1 aromatic rings. The molecule has 0 bridgehead atoms. The lowest BCUT2D eigenvalue weighted by atomic mass is 9.54. The second kappa shape index (κ2) is 3.70. The largest absolute Gasteiger partial charge is 0.469 e. The van der Waals surface area contributed by atoms with Crippen molar-refractivity contribution in [3.63, 3.8) is 0 Å². The Kier molecular flexibility index (Phi) is 2.46. The molecule has 18 heavy (non-hydrogen) atoms. The number of carbonyl (C=O) groups excluding carboxylic acids is 1. The third-order valence-electron chi connectivity index (χ3n) is 5.38. The van der Waals surface area contributed by atoms with E-state index in [0.29, 0.717) is 18.8 Å². The van der Waals surface area contributed by atoms with Crippen molar-refractivity contribution in [2.24, 2.45) is 17.3 Å². The Morgan fingerprint density at radius 1 is 1.50 bits per heavy atom. The minimum atomic E-state index is -0.579. The second-order valence-corrected chi connectivity index (χ2v) is 6.19. The lowest BCUT2D eigenvalue weighted by Gasteiger charge is -2.50. The van der Waals surface area contributed by atoms with Crippen LogP contribution in [0.3, 0.4) is 0 Å². The van der Waals surface area contributed by atoms with Crippen LogP contribution in [0.1, 0.15) is 49.7 Å². The smallest absolute Gasteiger partial charge is 0.137 e. The summed E-state index contributed by atoms with van der Waals surface area (Å²) in [5.74, 6) is 1.37. The van der Waals surface area contributed by atoms with E-state index in [4.69, 9.17) is 4.42 Å². The maximum Gasteiger partial charge on any atom is 0.137 e. The summed E-state index contributed by atoms with van der Waals surface area (Å²) in [5, 5.41) is 10.8. The molecule has 0 saturated heterocycles. The molecule has 1 aromatic heterocycles. The molecule has 1 heterocycles. The maximum atomic E-state index is 12.2. The van der Waals surface area contributed by atoms with E-state index >= 15 is 0 Å². The number of carbonyl (C=O) groups is 1. The lowest BCUT2D eigenvalue weighted by molar-refractivity contribution is -0.145. The van der Waals surface area contributed by atoms with E-state index < -0.39 is 6.10 Å². The third-order valence-corrected chi connectivity index (χ3v) is 5.38. The maximum absolute atomic E-state index is 12.2. The molecule has 1 N–H and O–H groups in total. The summed E-state index contributed by atoms with van der Waals surface area (Å²) >= 11 is 0. The number of aliphatic hydroxyl groups excluding tert-OH is 1. The van der Waals surface area contributed by atoms with Gasteiger partial charge in [0.1, 0.15) is 11.5 Å². The van der Waals surface area contributed by atoms with Crippen LogP contribution < -0.4 is 0 Å². The van der Waals surface area contributed by atoms with Crippen molar-refractivity contribution in [2.45, 2.75) is 46.1 Å². The summed E-state index contributed by atoms with van der Waals surface area (Å²) in [6.45, 7) is 6.19. The number of aryl methyl sites for hydroxylation is 1. The lowest BCUT2D eigenvalue weighted by Crippen LogP contribution is -2.50. The first kappa shape index (κ1) is 12.0. The minimum absolute atomic E-state index is 0.0886. The molecule has 1 saturated carbocycles. The van der Waals surface area contributed by atoms with Gasteiger partial charge in [-0.1, -0.05) is 13.8 Å². The topological polar surface area (TPSA) is 50.4 Å². The molecule has 0 aliphatic heterocycles. The highest BCUT2D eigenvalue weighted by molar-refractivity contribution is 5.83. The molecule has 0 amide bonds. The Hall–Kier alpha value is -1.09. The van der Waals surface area contributed by atoms with Gasteiger partial charge in [-0.2, -0.15) is 0 Å². The zero-order chi connectivity index (χ0) is 13.1. The highest BCUT2D eigenvalue weighted by Gasteiger charge is 2.55. The Labute approximate surface area is 107 Å². The van der Waals surface area contributed by atoms with Crippen molar-refractivity contribution in [3.8, 4) is 0 Å². The van der Waals surface area contributed by atoms with Gasteiger partial charge in [0.25, 0.3) is 0 Å². The van der Waals surface area contributed by atoms with Crippen molar-refractivity contribution in [2.75, 3.05) is 0 Å². The number of Topliss-reactive ketones (excluding diaryl/α,β-unsaturated/α-hetero) is 1. The Balaban J connectivity index is 2.15. The molecular weight excluding hydrogens is 228 g/mol. The molecule has 0 aromatic carbocycles. The van der Waals surface area contributed by atoms with E-state index in [0.717, 1.165) is 23.3 Å². The van der Waals surface area contributed by atoms with Gasteiger partial charge in [-0.25, -0.2) is 0 Å². The van der Waals surface area contributed by atoms with Crippen LogP contribution in [-0.2, 0) is 11.2 Å². The fourth-order valence-corrected chi connectivity index (χ4v) is 3.86. The first-order valence-electron chi connectivity index (χ1n) is 6.74. The summed E-state index contributed by atoms with van der Waals surface area (Å²) in [7, 11) is 0. The van der Waals surface area contributed by atoms with Crippen LogP contribution in [0.5, 0.6) is 0 Å². The molecule has 3 nitrogen and oxygen atoms in total. The van der Waals surface area contributed by atoms with Crippen molar-refractivity contribution >= 4 is 5.78 Å². The van der Waals surface area contributed by atoms with Crippen LogP contribution in [0.15, 0.2) is 10.7 Å². The van der Waals surface area contributed by atoms with Gasteiger partial charge < -0.3 is 9.52 Å². The van der Waals surface area contributed by atoms with Gasteiger partial charge in [0.2, 0.25) is 0 Å². The summed E-state index contributed by atoms with van der Waals surface area (Å²) in [6, 6.07) is 0. The highest BCUT2D eigenvalue weighted by atomic mass is 16.3. The fourth-order valence-electron chi connectivity index (χ4n) is 3.86. The molecule has 0 spiro atoms. The average Bonchev–Trinajstić information content (AvgIpc) is 2.70. The third kappa shape index (κ3) is 1.31. The van der Waals surface area contributed by atoms with E-state index in [9.17, 15) is 9.90 Å². The van der Waals surface area contributed by atoms with Gasteiger partial charge in [-0.15, -0.1) is 0 Å². The summed E-state index contributed by atoms with van der Waals surface area (Å²) in [4.78, 5) is 12.2. The highest BCUT2D eigenvalue weighted by Crippen LogP contribution is 2.56. The first-order valence-corrected chi connectivity index (χ1v) is 6.74. The van der Waals surface area contributed by atoms with E-state index in [1.165, 1.54) is 0 Å². The van der Waals surface area contributed by atoms with Gasteiger partial charge in [0.15, 0.2) is 0 Å². The Morgan fingerprint density at radius 3 is 2.94 bits per heavy atom. The fraction of sp³-hybridized carbons (Fsp3) is 0.667. The summed E-state index contributed by atoms with van der Waals surface area (Å²) < 4.78 is 5.52. The summed E-state index contributed by atoms with van der Waals surface area (Å²) in [5.41, 5.74) is 1.59. The standard InChI is InChI=1S/C15H20O3/c1-8-7-18-12-6-10-11(16)5-4-9(2)15(10,3)14(17)13(8)12/h7,9-10,14,17H,4-6H2,1-3H3/t9-,10-,14+,15+/m0/s1. The van der Waals surface area contributed by atoms with E-state index in [-0.39, 0.29) is 17.1 Å². The summed E-state index contributed by atoms with van der Waals surface area (Å²) in [6.07, 6.45) is 3.30. The van der Waals surface area contributed by atoms with Crippen molar-refractivity contribution < 1.29 is 14.3 Å². The van der Waals surface area contributed by atoms with Crippen LogP contribution in [-0.4, -0.2) is 10.9 Å². The zero-order valence-electron chi connectivity index (χ0n) is 11.2. The van der Waals surface area contributed by atoms with Crippen LogP contribution in [0.2, 0.25) is 0 Å². The van der Waals surface area contributed by atoms with E-state index in [1.54, 1.807) is 6.26 Å². The molecular formula is C15H20O3. The van der Waals surface area contributed by atoms with Crippen molar-refractivity contribution in [1.29, 1.82) is 0 Å². The van der Waals surface area contributed by atoms with Gasteiger partial charge in [-0.3, -0.25) is 4.79 Å². The molecule has 3 heteroatoms. The molecule has 98 valence electrons. The molecule has 2 aliphatic rings. The molecule has 3 rings (SSSR count). The van der Waals surface area contributed by atoms with Gasteiger partial charge >= 0.3 is 0 Å². The molecule has 0 radical (unpaired) electrons. The molecule has 1 fully saturated rings. The van der Waals surface area contributed by atoms with Gasteiger partial charge in [0, 0.05) is 29.7 Å². The van der Waals surface area contributed by atoms with E-state index in [1.807, 2.05) is 6.92 Å². The number of furan rings is 1. The minimum Gasteiger partial charge on any atom is -0.469 e. The van der Waals surface area contributed by atoms with Crippen LogP contribution in [0.25, 0.3) is 0 Å². The first-order chi connectivity index (χ1) is 8.46. The normalized spacial score (nSPS) is 39.3. The Morgan fingerprint density at radius 2 is 2.22 bits per heavy atom. The molecule has 0 unspecified atom stereocenters. The molecule has 2 aliphatic carbocycles. The number of fused-ring (bicyclic) bond motifs is 2. The van der Waals surface area contributed by atoms with Crippen molar-refractivity contribution in [3.05, 3.63) is 23.2 Å². The predicted molar refractivity (Wildman–Crippen MR) is 67.1 cm³/mol. The molecule has 4 atom stereocenters. The SMILES string of the molecule is Cc1coc2c1[C@@H](O)[C@]1(C)[C@@H](C)CCC(=O)[C@@H]1C2. The second-order valence-electron chi connectivity index (χ2n) is 6.19. The van der Waals surface area contributed by atoms with Crippen molar-refractivity contribution in [1.82, 2.24) is 0 Å². The van der Waals surface area contributed by atoms with Crippen LogP contribution in [0.4, 0.5) is 0 Å². The van der Waals surface area contributed by atoms with Crippen LogP contribution >= 0.6 is 0 Å². The number of hydrogen-bond donors (Lipinski definition) is 1. The zero-order valence-corrected chi connectivity index (χ0v) is 11.2. The number of hydrogen-bond acceptors (Lipinski definition) is 3. The average molecular weight is 248 g/mol. The monoisotopic (exact) mass is 248 g/mol. The number of rotatable bonds is 0. The van der Waals surface area contributed by atoms with E-state index in [2.05, 4.69) is 13.8 Å². The number of aliphatic hydroxyl groups is 1. The van der Waals surface area contributed by atoms with Gasteiger partial charge in [-0.05, 0) is 24.8 Å². The quantitative estimate of drug-likeness (QED) is 0.768. The number of ketones is 1. The van der Waals surface area contributed by atoms with Crippen LogP contribution in [0, 0.1) is 24.2 Å². The van der Waals surface area contributed by atoms with Gasteiger partial charge in [0.05, 0.1) is 12.4 Å².